The third kappa shape index (κ3) is 50.8. The Bertz CT molecular complexity index is 220. The van der Waals surface area contributed by atoms with Crippen molar-refractivity contribution in [2.24, 2.45) is 0 Å². The van der Waals surface area contributed by atoms with Gasteiger partial charge in [-0.25, -0.2) is 0 Å². The molecule has 0 unspecified atom stereocenters. The summed E-state index contributed by atoms with van der Waals surface area (Å²) in [7, 11) is 0. The Morgan fingerprint density at radius 3 is 0.727 bits per heavy atom. The molecule has 1 saturated carbocycles. The Morgan fingerprint density at radius 2 is 0.682 bits per heavy atom. The summed E-state index contributed by atoms with van der Waals surface area (Å²) in [4.78, 5) is 27.8. The number of carbonyl (C=O) groups excluding carboxylic acids is 3. The van der Waals surface area contributed by atoms with E-state index in [0.717, 1.165) is 0 Å². The SMILES string of the molecule is C1CCCCC1.CCC(=O)[O-].CCC(=O)[O-].CCC(=O)[O-].[Ru+3]. The van der Waals surface area contributed by atoms with Crippen molar-refractivity contribution in [2.75, 3.05) is 0 Å². The molecular weight excluding hydrogens is 377 g/mol. The predicted molar refractivity (Wildman–Crippen MR) is 73.6 cm³/mol. The minimum atomic E-state index is -0.995. The number of carboxylic acids is 3. The molecule has 1 aliphatic rings. The molecule has 0 heterocycles. The van der Waals surface area contributed by atoms with Crippen LogP contribution >= 0.6 is 0 Å². The van der Waals surface area contributed by atoms with E-state index in [4.69, 9.17) is 0 Å². The number of hydrogen-bond donors (Lipinski definition) is 0. The molecule has 0 amide bonds. The van der Waals surface area contributed by atoms with Crippen LogP contribution in [-0.4, -0.2) is 17.9 Å². The fraction of sp³-hybridized carbons (Fsp3) is 0.800. The standard InChI is InChI=1S/C6H12.3C3H6O2.Ru/c1-2-4-6-5-3-1;3*1-2-3(4)5;/h1-6H2;3*2H2,1H3,(H,4,5);/q;;;;+3/p-3. The van der Waals surface area contributed by atoms with Gasteiger partial charge in [0.1, 0.15) is 0 Å². The summed E-state index contributed by atoms with van der Waals surface area (Å²) in [6.07, 6.45) is 9.33. The first-order chi connectivity index (χ1) is 9.81. The topological polar surface area (TPSA) is 120 Å². The van der Waals surface area contributed by atoms with E-state index in [9.17, 15) is 29.7 Å². The second-order valence-corrected chi connectivity index (χ2v) is 4.30. The van der Waals surface area contributed by atoms with Gasteiger partial charge in [-0.1, -0.05) is 59.3 Å². The first-order valence-corrected chi connectivity index (χ1v) is 7.41. The van der Waals surface area contributed by atoms with Crippen LogP contribution in [0.25, 0.3) is 0 Å². The average Bonchev–Trinajstić information content (AvgIpc) is 2.50. The molecule has 131 valence electrons. The van der Waals surface area contributed by atoms with Crippen LogP contribution in [0.2, 0.25) is 0 Å². The fourth-order valence-corrected chi connectivity index (χ4v) is 1.06. The van der Waals surface area contributed by atoms with Gasteiger partial charge in [-0.3, -0.25) is 0 Å². The maximum atomic E-state index is 9.26. The summed E-state index contributed by atoms with van der Waals surface area (Å²) >= 11 is 0. The third-order valence-electron chi connectivity index (χ3n) is 2.37. The van der Waals surface area contributed by atoms with Gasteiger partial charge in [-0.2, -0.15) is 0 Å². The molecular formula is C15H27O6Ru. The number of carbonyl (C=O) groups is 3. The first kappa shape index (κ1) is 29.1. The number of carboxylic acid groups (broad SMARTS) is 3. The molecule has 1 rings (SSSR count). The molecule has 1 radical (unpaired) electrons. The molecule has 1 aliphatic carbocycles. The molecule has 0 bridgehead atoms. The van der Waals surface area contributed by atoms with Crippen LogP contribution < -0.4 is 15.3 Å². The van der Waals surface area contributed by atoms with E-state index < -0.39 is 17.9 Å². The summed E-state index contributed by atoms with van der Waals surface area (Å²) in [6.45, 7) is 4.61. The molecule has 0 aliphatic heterocycles. The zero-order valence-electron chi connectivity index (χ0n) is 13.7. The number of rotatable bonds is 3. The van der Waals surface area contributed by atoms with Crippen molar-refractivity contribution in [3.05, 3.63) is 0 Å². The van der Waals surface area contributed by atoms with Gasteiger partial charge in [-0.05, 0) is 19.3 Å². The summed E-state index contributed by atoms with van der Waals surface area (Å²) in [5.41, 5.74) is 0. The molecule has 0 N–H and O–H groups in total. The molecule has 7 heteroatoms. The van der Waals surface area contributed by atoms with E-state index in [1.165, 1.54) is 59.3 Å². The third-order valence-corrected chi connectivity index (χ3v) is 2.37. The summed E-state index contributed by atoms with van der Waals surface area (Å²) in [6, 6.07) is 0. The summed E-state index contributed by atoms with van der Waals surface area (Å²) < 4.78 is 0. The van der Waals surface area contributed by atoms with Crippen LogP contribution in [0.4, 0.5) is 0 Å². The van der Waals surface area contributed by atoms with Crippen LogP contribution in [0, 0.1) is 0 Å². The Morgan fingerprint density at radius 1 is 0.591 bits per heavy atom. The minimum absolute atomic E-state index is 0. The van der Waals surface area contributed by atoms with Gasteiger partial charge in [0.2, 0.25) is 0 Å². The van der Waals surface area contributed by atoms with E-state index in [1.54, 1.807) is 0 Å². The minimum Gasteiger partial charge on any atom is -0.550 e. The van der Waals surface area contributed by atoms with Gasteiger partial charge in [0, 0.05) is 17.9 Å². The Kier molecular flexibility index (Phi) is 33.1. The Hall–Kier alpha value is -0.967. The Balaban J connectivity index is -0.0000000973. The van der Waals surface area contributed by atoms with Crippen molar-refractivity contribution >= 4 is 17.9 Å². The van der Waals surface area contributed by atoms with Crippen molar-refractivity contribution in [1.29, 1.82) is 0 Å². The first-order valence-electron chi connectivity index (χ1n) is 7.41. The van der Waals surface area contributed by atoms with Crippen molar-refractivity contribution in [3.8, 4) is 0 Å². The molecule has 0 aromatic carbocycles. The number of hydrogen-bond acceptors (Lipinski definition) is 6. The molecule has 0 aromatic heterocycles. The molecule has 0 atom stereocenters. The molecule has 0 spiro atoms. The van der Waals surface area contributed by atoms with Gasteiger partial charge in [-0.15, -0.1) is 0 Å². The molecule has 1 fully saturated rings. The van der Waals surface area contributed by atoms with Crippen LogP contribution in [-0.2, 0) is 33.9 Å². The van der Waals surface area contributed by atoms with Crippen molar-refractivity contribution in [3.63, 3.8) is 0 Å². The van der Waals surface area contributed by atoms with Gasteiger partial charge in [0.25, 0.3) is 0 Å². The second kappa shape index (κ2) is 25.0. The summed E-state index contributed by atoms with van der Waals surface area (Å²) in [5, 5.41) is 27.8. The van der Waals surface area contributed by atoms with Gasteiger partial charge in [0.05, 0.1) is 0 Å². The quantitative estimate of drug-likeness (QED) is 0.600. The monoisotopic (exact) mass is 405 g/mol. The van der Waals surface area contributed by atoms with Gasteiger partial charge < -0.3 is 29.7 Å². The molecule has 22 heavy (non-hydrogen) atoms. The number of aliphatic carboxylic acids is 3. The smallest absolute Gasteiger partial charge is 0.550 e. The molecule has 0 aromatic rings. The van der Waals surface area contributed by atoms with Crippen LogP contribution in [0.1, 0.15) is 78.6 Å². The zero-order chi connectivity index (χ0) is 17.1. The zero-order valence-corrected chi connectivity index (χ0v) is 15.4. The normalized spacial score (nSPS) is 11.6. The fourth-order valence-electron chi connectivity index (χ4n) is 1.06. The maximum Gasteiger partial charge on any atom is 3.00 e. The van der Waals surface area contributed by atoms with Gasteiger partial charge >= 0.3 is 19.5 Å². The Labute approximate surface area is 146 Å². The van der Waals surface area contributed by atoms with Crippen LogP contribution in [0.3, 0.4) is 0 Å². The van der Waals surface area contributed by atoms with E-state index in [2.05, 4.69) is 0 Å². The predicted octanol–water partition coefficient (Wildman–Crippen LogP) is -0.223. The van der Waals surface area contributed by atoms with E-state index in [0.29, 0.717) is 0 Å². The van der Waals surface area contributed by atoms with E-state index in [1.807, 2.05) is 0 Å². The largest absolute Gasteiger partial charge is 3.00 e. The van der Waals surface area contributed by atoms with Crippen LogP contribution in [0.5, 0.6) is 0 Å². The second-order valence-electron chi connectivity index (χ2n) is 4.30. The average molecular weight is 404 g/mol. The van der Waals surface area contributed by atoms with Crippen LogP contribution in [0.15, 0.2) is 0 Å². The van der Waals surface area contributed by atoms with Crippen molar-refractivity contribution < 1.29 is 49.2 Å². The summed E-state index contributed by atoms with van der Waals surface area (Å²) in [5.74, 6) is -2.99. The van der Waals surface area contributed by atoms with Crippen molar-refractivity contribution in [1.82, 2.24) is 0 Å². The molecule has 6 nitrogen and oxygen atoms in total. The van der Waals surface area contributed by atoms with E-state index >= 15 is 0 Å². The molecule has 0 saturated heterocycles. The van der Waals surface area contributed by atoms with Crippen molar-refractivity contribution in [2.45, 2.75) is 78.6 Å². The van der Waals surface area contributed by atoms with E-state index in [-0.39, 0.29) is 38.7 Å². The maximum absolute atomic E-state index is 9.26. The van der Waals surface area contributed by atoms with Gasteiger partial charge in [0.15, 0.2) is 0 Å².